The topological polar surface area (TPSA) is 101 Å². The number of amides is 3. The van der Waals surface area contributed by atoms with Crippen LogP contribution in [0.1, 0.15) is 61.9 Å². The number of nitrogens with one attached hydrogen (secondary N) is 2. The summed E-state index contributed by atoms with van der Waals surface area (Å²) in [6.07, 6.45) is 1.43. The molecule has 0 aliphatic carbocycles. The number of likely N-dealkylation sites (tertiary alicyclic amines) is 1. The maximum Gasteiger partial charge on any atom is 0.410 e. The Morgan fingerprint density at radius 1 is 1.19 bits per heavy atom. The monoisotopic (exact) mass is 379 g/mol. The summed E-state index contributed by atoms with van der Waals surface area (Å²) in [5.41, 5.74) is 4.74. The average Bonchev–Trinajstić information content (AvgIpc) is 2.90. The SMILES string of the molecule is Cc1cc(C(=O)NNC(=O)CC2CCN(C(=O)OC(C)(C)C)CC2)c(C)o1. The number of hydrogen-bond acceptors (Lipinski definition) is 5. The van der Waals surface area contributed by atoms with Gasteiger partial charge >= 0.3 is 6.09 Å². The van der Waals surface area contributed by atoms with Crippen LogP contribution in [0.15, 0.2) is 10.5 Å². The van der Waals surface area contributed by atoms with E-state index >= 15 is 0 Å². The van der Waals surface area contributed by atoms with E-state index in [4.69, 9.17) is 9.15 Å². The van der Waals surface area contributed by atoms with Crippen molar-refractivity contribution in [1.82, 2.24) is 15.8 Å². The maximum atomic E-state index is 12.1. The van der Waals surface area contributed by atoms with Crippen LogP contribution in [0.3, 0.4) is 0 Å². The van der Waals surface area contributed by atoms with E-state index in [1.807, 2.05) is 20.8 Å². The summed E-state index contributed by atoms with van der Waals surface area (Å²) >= 11 is 0. The van der Waals surface area contributed by atoms with E-state index in [1.165, 1.54) is 0 Å². The molecule has 0 radical (unpaired) electrons. The molecule has 8 nitrogen and oxygen atoms in total. The van der Waals surface area contributed by atoms with Crippen LogP contribution in [0.4, 0.5) is 4.79 Å². The van der Waals surface area contributed by atoms with Gasteiger partial charge in [-0.1, -0.05) is 0 Å². The summed E-state index contributed by atoms with van der Waals surface area (Å²) in [5, 5.41) is 0. The molecule has 0 aromatic carbocycles. The van der Waals surface area contributed by atoms with Gasteiger partial charge < -0.3 is 14.1 Å². The highest BCUT2D eigenvalue weighted by Crippen LogP contribution is 2.22. The van der Waals surface area contributed by atoms with Gasteiger partial charge in [0.2, 0.25) is 5.91 Å². The van der Waals surface area contributed by atoms with Gasteiger partial charge in [0.1, 0.15) is 17.1 Å². The van der Waals surface area contributed by atoms with Crippen molar-refractivity contribution >= 4 is 17.9 Å². The number of piperidine rings is 1. The van der Waals surface area contributed by atoms with Gasteiger partial charge in [0, 0.05) is 19.5 Å². The highest BCUT2D eigenvalue weighted by Gasteiger charge is 2.28. The van der Waals surface area contributed by atoms with Crippen LogP contribution >= 0.6 is 0 Å². The van der Waals surface area contributed by atoms with Crippen LogP contribution < -0.4 is 10.9 Å². The van der Waals surface area contributed by atoms with Gasteiger partial charge in [0.15, 0.2) is 0 Å². The molecule has 0 saturated carbocycles. The molecule has 150 valence electrons. The Balaban J connectivity index is 1.72. The van der Waals surface area contributed by atoms with Crippen LogP contribution in [0, 0.1) is 19.8 Å². The van der Waals surface area contributed by atoms with E-state index in [9.17, 15) is 14.4 Å². The number of ether oxygens (including phenoxy) is 1. The minimum Gasteiger partial charge on any atom is -0.466 e. The third-order valence-electron chi connectivity index (χ3n) is 4.34. The second-order valence-electron chi connectivity index (χ2n) is 7.94. The lowest BCUT2D eigenvalue weighted by atomic mass is 9.93. The molecule has 2 rings (SSSR count). The average molecular weight is 379 g/mol. The fourth-order valence-corrected chi connectivity index (χ4v) is 3.01. The summed E-state index contributed by atoms with van der Waals surface area (Å²) in [4.78, 5) is 37.9. The Hall–Kier alpha value is -2.51. The fraction of sp³-hybridized carbons (Fsp3) is 0.632. The Labute approximate surface area is 159 Å². The van der Waals surface area contributed by atoms with Gasteiger partial charge in [-0.2, -0.15) is 0 Å². The van der Waals surface area contributed by atoms with Gasteiger partial charge in [-0.25, -0.2) is 4.79 Å². The molecule has 0 bridgehead atoms. The largest absolute Gasteiger partial charge is 0.466 e. The van der Waals surface area contributed by atoms with Crippen LogP contribution in [0.5, 0.6) is 0 Å². The van der Waals surface area contributed by atoms with Crippen molar-refractivity contribution in [2.75, 3.05) is 13.1 Å². The first-order valence-corrected chi connectivity index (χ1v) is 9.19. The second kappa shape index (κ2) is 8.45. The van der Waals surface area contributed by atoms with Crippen LogP contribution in [-0.4, -0.2) is 41.5 Å². The van der Waals surface area contributed by atoms with Crippen molar-refractivity contribution in [2.24, 2.45) is 5.92 Å². The van der Waals surface area contributed by atoms with Gasteiger partial charge in [0.05, 0.1) is 5.56 Å². The summed E-state index contributed by atoms with van der Waals surface area (Å²) in [6, 6.07) is 1.63. The molecule has 0 unspecified atom stereocenters. The Morgan fingerprint density at radius 2 is 1.81 bits per heavy atom. The van der Waals surface area contributed by atoms with Gasteiger partial charge in [-0.05, 0) is 59.4 Å². The minimum atomic E-state index is -0.516. The second-order valence-corrected chi connectivity index (χ2v) is 7.94. The lowest BCUT2D eigenvalue weighted by Crippen LogP contribution is -2.44. The van der Waals surface area contributed by atoms with E-state index in [-0.39, 0.29) is 17.9 Å². The number of nitrogens with zero attached hydrogens (tertiary/aromatic N) is 1. The van der Waals surface area contributed by atoms with Crippen molar-refractivity contribution < 1.29 is 23.5 Å². The zero-order chi connectivity index (χ0) is 20.2. The third-order valence-corrected chi connectivity index (χ3v) is 4.34. The molecule has 27 heavy (non-hydrogen) atoms. The highest BCUT2D eigenvalue weighted by atomic mass is 16.6. The smallest absolute Gasteiger partial charge is 0.410 e. The maximum absolute atomic E-state index is 12.1. The molecule has 1 aromatic rings. The molecule has 2 N–H and O–H groups in total. The minimum absolute atomic E-state index is 0.165. The Morgan fingerprint density at radius 3 is 2.33 bits per heavy atom. The van der Waals surface area contributed by atoms with Crippen molar-refractivity contribution in [3.8, 4) is 0 Å². The zero-order valence-corrected chi connectivity index (χ0v) is 16.7. The number of aryl methyl sites for hydroxylation is 2. The molecule has 1 saturated heterocycles. The molecule has 1 aromatic heterocycles. The van der Waals surface area contributed by atoms with Gasteiger partial charge in [-0.3, -0.25) is 20.4 Å². The summed E-state index contributed by atoms with van der Waals surface area (Å²) < 4.78 is 10.7. The van der Waals surface area contributed by atoms with Crippen LogP contribution in [0.2, 0.25) is 0 Å². The third kappa shape index (κ3) is 6.30. The summed E-state index contributed by atoms with van der Waals surface area (Å²) in [5.74, 6) is 0.655. The number of furan rings is 1. The normalized spacial score (nSPS) is 15.4. The number of hydrogen-bond donors (Lipinski definition) is 2. The van der Waals surface area contributed by atoms with E-state index in [2.05, 4.69) is 10.9 Å². The molecule has 3 amide bonds. The lowest BCUT2D eigenvalue weighted by molar-refractivity contribution is -0.123. The van der Waals surface area contributed by atoms with Crippen molar-refractivity contribution in [3.63, 3.8) is 0 Å². The molecular weight excluding hydrogens is 350 g/mol. The quantitative estimate of drug-likeness (QED) is 0.787. The predicted molar refractivity (Wildman–Crippen MR) is 98.9 cm³/mol. The first kappa shape index (κ1) is 20.8. The fourth-order valence-electron chi connectivity index (χ4n) is 3.01. The number of hydrazine groups is 1. The summed E-state index contributed by atoms with van der Waals surface area (Å²) in [7, 11) is 0. The van der Waals surface area contributed by atoms with Gasteiger partial charge in [0.25, 0.3) is 5.91 Å². The van der Waals surface area contributed by atoms with Crippen LogP contribution in [-0.2, 0) is 9.53 Å². The molecule has 1 aliphatic rings. The molecule has 0 spiro atoms. The predicted octanol–water partition coefficient (Wildman–Crippen LogP) is 2.69. The lowest BCUT2D eigenvalue weighted by Gasteiger charge is -2.33. The van der Waals surface area contributed by atoms with Gasteiger partial charge in [-0.15, -0.1) is 0 Å². The van der Waals surface area contributed by atoms with Crippen LogP contribution in [0.25, 0.3) is 0 Å². The van der Waals surface area contributed by atoms with E-state index in [0.29, 0.717) is 36.6 Å². The molecule has 8 heteroatoms. The first-order valence-electron chi connectivity index (χ1n) is 9.19. The molecule has 1 fully saturated rings. The zero-order valence-electron chi connectivity index (χ0n) is 16.7. The molecular formula is C19H29N3O5. The number of carbonyl (C=O) groups excluding carboxylic acids is 3. The first-order chi connectivity index (χ1) is 12.5. The number of rotatable bonds is 3. The van der Waals surface area contributed by atoms with E-state index in [1.54, 1.807) is 24.8 Å². The van der Waals surface area contributed by atoms with E-state index in [0.717, 1.165) is 12.8 Å². The summed E-state index contributed by atoms with van der Waals surface area (Å²) in [6.45, 7) is 10.1. The molecule has 0 atom stereocenters. The van der Waals surface area contributed by atoms with Crippen molar-refractivity contribution in [3.05, 3.63) is 23.2 Å². The Bertz CT molecular complexity index is 697. The molecule has 2 heterocycles. The van der Waals surface area contributed by atoms with E-state index < -0.39 is 11.5 Å². The highest BCUT2D eigenvalue weighted by molar-refractivity contribution is 5.96. The number of carbonyl (C=O) groups is 3. The standard InChI is InChI=1S/C19H29N3O5/c1-12-10-15(13(2)26-12)17(24)21-20-16(23)11-14-6-8-22(9-7-14)18(25)27-19(3,4)5/h10,14H,6-9,11H2,1-5H3,(H,20,23)(H,21,24). The molecule has 1 aliphatic heterocycles. The van der Waals surface area contributed by atoms with Crippen molar-refractivity contribution in [1.29, 1.82) is 0 Å². The Kier molecular flexibility index (Phi) is 6.51. The van der Waals surface area contributed by atoms with Crippen molar-refractivity contribution in [2.45, 2.75) is 59.5 Å².